The van der Waals surface area contributed by atoms with Gasteiger partial charge in [-0.25, -0.2) is 0 Å². The average Bonchev–Trinajstić information content (AvgIpc) is 3.42. The van der Waals surface area contributed by atoms with Crippen LogP contribution in [0.25, 0.3) is 0 Å². The largest absolute Gasteiger partial charge is 0.376 e. The topological polar surface area (TPSA) is 9.23 Å². The fourth-order valence-electron chi connectivity index (χ4n) is 10.1. The predicted molar refractivity (Wildman–Crippen MR) is 152 cm³/mol. The van der Waals surface area contributed by atoms with Crippen LogP contribution in [0.2, 0.25) is 0 Å². The maximum atomic E-state index is 5.90. The third kappa shape index (κ3) is 7.09. The quantitative estimate of drug-likeness (QED) is 0.279. The molecule has 1 nitrogen and oxygen atoms in total. The third-order valence-electron chi connectivity index (χ3n) is 11.6. The number of fused-ring (bicyclic) bond motifs is 1. The Morgan fingerprint density at radius 2 is 1.37 bits per heavy atom. The van der Waals surface area contributed by atoms with Crippen molar-refractivity contribution >= 4 is 0 Å². The molecule has 0 amide bonds. The fraction of sp³-hybridized carbons (Fsp3) is 1.00. The van der Waals surface area contributed by atoms with E-state index in [9.17, 15) is 0 Å². The lowest BCUT2D eigenvalue weighted by Crippen LogP contribution is -2.40. The van der Waals surface area contributed by atoms with Crippen LogP contribution in [0.4, 0.5) is 0 Å². The summed E-state index contributed by atoms with van der Waals surface area (Å²) in [6, 6.07) is 0. The second kappa shape index (κ2) is 12.2. The van der Waals surface area contributed by atoms with Crippen molar-refractivity contribution in [3.05, 3.63) is 0 Å². The minimum Gasteiger partial charge on any atom is -0.376 e. The molecule has 1 heteroatoms. The monoisotopic (exact) mass is 486 g/mol. The Morgan fingerprint density at radius 1 is 0.657 bits per heavy atom. The molecule has 4 aliphatic carbocycles. The van der Waals surface area contributed by atoms with E-state index in [4.69, 9.17) is 4.74 Å². The van der Waals surface area contributed by atoms with Gasteiger partial charge in [-0.05, 0) is 112 Å². The Hall–Kier alpha value is -0.0400. The van der Waals surface area contributed by atoms with Gasteiger partial charge in [-0.2, -0.15) is 0 Å². The highest BCUT2D eigenvalue weighted by molar-refractivity contribution is 5.03. The number of hydrogen-bond donors (Lipinski definition) is 0. The normalized spacial score (nSPS) is 37.0. The summed E-state index contributed by atoms with van der Waals surface area (Å²) in [5.74, 6) is 8.24. The molecule has 0 aromatic rings. The first-order valence-electron chi connectivity index (χ1n) is 16.3. The van der Waals surface area contributed by atoms with Gasteiger partial charge >= 0.3 is 0 Å². The summed E-state index contributed by atoms with van der Waals surface area (Å²) < 4.78 is 5.90. The Morgan fingerprint density at radius 3 is 2.11 bits per heavy atom. The van der Waals surface area contributed by atoms with Crippen LogP contribution < -0.4 is 0 Å². The van der Waals surface area contributed by atoms with E-state index in [1.165, 1.54) is 77.0 Å². The molecule has 4 saturated carbocycles. The van der Waals surface area contributed by atoms with Crippen molar-refractivity contribution in [1.82, 2.24) is 0 Å². The van der Waals surface area contributed by atoms with Crippen LogP contribution in [0.1, 0.15) is 151 Å². The highest BCUT2D eigenvalue weighted by Crippen LogP contribution is 2.62. The van der Waals surface area contributed by atoms with Crippen molar-refractivity contribution in [2.75, 3.05) is 6.61 Å². The van der Waals surface area contributed by atoms with Crippen LogP contribution >= 0.6 is 0 Å². The van der Waals surface area contributed by atoms with Gasteiger partial charge in [0.1, 0.15) is 0 Å². The number of rotatable bonds is 10. The molecule has 0 bridgehead atoms. The molecule has 0 N–H and O–H groups in total. The molecule has 35 heavy (non-hydrogen) atoms. The van der Waals surface area contributed by atoms with Crippen molar-refractivity contribution in [2.45, 2.75) is 156 Å². The average molecular weight is 487 g/mol. The third-order valence-corrected chi connectivity index (χ3v) is 11.6. The molecule has 0 aliphatic heterocycles. The van der Waals surface area contributed by atoms with E-state index in [1.54, 1.807) is 32.1 Å². The molecule has 0 aromatic carbocycles. The molecule has 0 heterocycles. The summed E-state index contributed by atoms with van der Waals surface area (Å²) in [6.45, 7) is 15.6. The highest BCUT2D eigenvalue weighted by Gasteiger charge is 2.54. The lowest BCUT2D eigenvalue weighted by molar-refractivity contribution is -0.00477. The van der Waals surface area contributed by atoms with Crippen LogP contribution in [-0.4, -0.2) is 12.2 Å². The van der Waals surface area contributed by atoms with Crippen LogP contribution in [0.5, 0.6) is 0 Å². The minimum absolute atomic E-state index is 0.0247. The first-order chi connectivity index (χ1) is 16.7. The molecule has 0 spiro atoms. The molecule has 7 unspecified atom stereocenters. The van der Waals surface area contributed by atoms with Gasteiger partial charge in [-0.1, -0.05) is 91.4 Å². The van der Waals surface area contributed by atoms with E-state index in [-0.39, 0.29) is 5.60 Å². The first-order valence-corrected chi connectivity index (χ1v) is 16.3. The molecular formula is C34H62O. The van der Waals surface area contributed by atoms with Gasteiger partial charge in [0.05, 0.1) is 5.60 Å². The Balaban J connectivity index is 1.24. The van der Waals surface area contributed by atoms with Crippen LogP contribution in [-0.2, 0) is 4.74 Å². The zero-order chi connectivity index (χ0) is 25.1. The smallest absolute Gasteiger partial charge is 0.0598 e. The summed E-state index contributed by atoms with van der Waals surface area (Å²) in [4.78, 5) is 0. The van der Waals surface area contributed by atoms with E-state index < -0.39 is 0 Å². The highest BCUT2D eigenvalue weighted by atomic mass is 16.5. The van der Waals surface area contributed by atoms with Gasteiger partial charge in [0, 0.05) is 6.61 Å². The fourth-order valence-corrected chi connectivity index (χ4v) is 10.1. The van der Waals surface area contributed by atoms with Gasteiger partial charge in [-0.3, -0.25) is 0 Å². The molecule has 204 valence electrons. The summed E-state index contributed by atoms with van der Waals surface area (Å²) in [5, 5.41) is 0. The Labute approximate surface area is 220 Å². The van der Waals surface area contributed by atoms with E-state index in [2.05, 4.69) is 41.5 Å². The Kier molecular flexibility index (Phi) is 9.76. The zero-order valence-corrected chi connectivity index (χ0v) is 24.8. The van der Waals surface area contributed by atoms with Gasteiger partial charge in [0.25, 0.3) is 0 Å². The number of unbranched alkanes of at least 4 members (excludes halogenated alkanes) is 3. The predicted octanol–water partition coefficient (Wildman–Crippen LogP) is 10.5. The van der Waals surface area contributed by atoms with Crippen molar-refractivity contribution in [2.24, 2.45) is 52.8 Å². The van der Waals surface area contributed by atoms with Gasteiger partial charge < -0.3 is 4.74 Å². The lowest BCUT2D eigenvalue weighted by Gasteiger charge is -2.47. The van der Waals surface area contributed by atoms with Gasteiger partial charge in [0.15, 0.2) is 0 Å². The second-order valence-corrected chi connectivity index (χ2v) is 15.4. The lowest BCUT2D eigenvalue weighted by atomic mass is 9.58. The van der Waals surface area contributed by atoms with Crippen molar-refractivity contribution in [1.29, 1.82) is 0 Å². The molecule has 0 saturated heterocycles. The standard InChI is InChI=1S/C34H62O/c1-25-23-31-29(27-16-11-9-12-17-27)18-14-19-30(31)32(25)34(5,6)28-21-20-26(24-28)15-10-7-8-13-22-35-33(2,3)4/h25-32H,7-24H2,1-6H3. The minimum atomic E-state index is 0.0247. The molecule has 4 fully saturated rings. The summed E-state index contributed by atoms with van der Waals surface area (Å²) in [6.07, 6.45) is 25.4. The molecule has 4 rings (SSSR count). The molecule has 7 atom stereocenters. The zero-order valence-electron chi connectivity index (χ0n) is 24.8. The maximum Gasteiger partial charge on any atom is 0.0598 e. The van der Waals surface area contributed by atoms with Crippen LogP contribution in [0.3, 0.4) is 0 Å². The molecule has 4 aliphatic rings. The number of ether oxygens (including phenoxy) is 1. The van der Waals surface area contributed by atoms with Crippen molar-refractivity contribution in [3.8, 4) is 0 Å². The van der Waals surface area contributed by atoms with E-state index in [1.807, 2.05) is 0 Å². The molecule has 0 radical (unpaired) electrons. The number of hydrogen-bond acceptors (Lipinski definition) is 1. The van der Waals surface area contributed by atoms with Crippen molar-refractivity contribution < 1.29 is 4.74 Å². The maximum absolute atomic E-state index is 5.90. The van der Waals surface area contributed by atoms with Gasteiger partial charge in [-0.15, -0.1) is 0 Å². The first kappa shape index (κ1) is 28.0. The van der Waals surface area contributed by atoms with Crippen molar-refractivity contribution in [3.63, 3.8) is 0 Å². The van der Waals surface area contributed by atoms with E-state index in [0.717, 1.165) is 54.0 Å². The second-order valence-electron chi connectivity index (χ2n) is 15.4. The van der Waals surface area contributed by atoms with Crippen LogP contribution in [0.15, 0.2) is 0 Å². The summed E-state index contributed by atoms with van der Waals surface area (Å²) >= 11 is 0. The van der Waals surface area contributed by atoms with E-state index >= 15 is 0 Å². The van der Waals surface area contributed by atoms with Crippen LogP contribution in [0, 0.1) is 52.8 Å². The SMILES string of the molecule is CC1CC2C(C3CCCCC3)CCCC2C1C(C)(C)C1CCC(CCCCCCOC(C)(C)C)C1. The molecular weight excluding hydrogens is 424 g/mol. The summed E-state index contributed by atoms with van der Waals surface area (Å²) in [5.41, 5.74) is 0.573. The molecule has 0 aromatic heterocycles. The Bertz CT molecular complexity index is 623. The summed E-state index contributed by atoms with van der Waals surface area (Å²) in [7, 11) is 0. The van der Waals surface area contributed by atoms with Gasteiger partial charge in [0.2, 0.25) is 0 Å². The van der Waals surface area contributed by atoms with E-state index in [0.29, 0.717) is 5.41 Å².